The summed E-state index contributed by atoms with van der Waals surface area (Å²) in [5.41, 5.74) is 7.39. The predicted octanol–water partition coefficient (Wildman–Crippen LogP) is 8.92. The van der Waals surface area contributed by atoms with Crippen LogP contribution in [0.3, 0.4) is 0 Å². The van der Waals surface area contributed by atoms with E-state index in [1.165, 1.54) is 30.3 Å². The molecule has 0 radical (unpaired) electrons. The molecule has 4 aromatic rings. The zero-order valence-corrected chi connectivity index (χ0v) is 29.8. The molecule has 50 heavy (non-hydrogen) atoms. The Morgan fingerprint density at radius 3 is 1.80 bits per heavy atom. The Labute approximate surface area is 292 Å². The van der Waals surface area contributed by atoms with Gasteiger partial charge in [0, 0.05) is 45.6 Å². The number of nitrogens with zero attached hydrogens (tertiary/aromatic N) is 1. The molecule has 11 heteroatoms. The lowest BCUT2D eigenvalue weighted by Crippen LogP contribution is -2.16. The maximum absolute atomic E-state index is 13.0. The van der Waals surface area contributed by atoms with Gasteiger partial charge in [-0.3, -0.25) is 9.11 Å². The van der Waals surface area contributed by atoms with Crippen LogP contribution in [0, 0.1) is 0 Å². The highest BCUT2D eigenvalue weighted by atomic mass is 32.2. The largest absolute Gasteiger partial charge is 0.456 e. The van der Waals surface area contributed by atoms with Crippen LogP contribution in [0.25, 0.3) is 33.4 Å². The monoisotopic (exact) mass is 710 g/mol. The van der Waals surface area contributed by atoms with Crippen molar-refractivity contribution in [2.75, 3.05) is 5.32 Å². The fourth-order valence-electron chi connectivity index (χ4n) is 6.49. The minimum Gasteiger partial charge on any atom is -0.456 e. The van der Waals surface area contributed by atoms with Crippen molar-refractivity contribution < 1.29 is 30.4 Å². The van der Waals surface area contributed by atoms with Gasteiger partial charge in [0.05, 0.1) is 11.0 Å². The first-order chi connectivity index (χ1) is 23.9. The van der Waals surface area contributed by atoms with Crippen LogP contribution in [0.1, 0.15) is 49.9 Å². The van der Waals surface area contributed by atoms with E-state index in [1.54, 1.807) is 18.2 Å². The van der Waals surface area contributed by atoms with Crippen LogP contribution in [-0.4, -0.2) is 25.9 Å². The molecule has 6 rings (SSSR count). The summed E-state index contributed by atoms with van der Waals surface area (Å²) in [6, 6.07) is 26.0. The lowest BCUT2D eigenvalue weighted by atomic mass is 9.93. The van der Waals surface area contributed by atoms with Crippen molar-refractivity contribution in [1.29, 1.82) is 0 Å². The second kappa shape index (κ2) is 13.8. The minimum absolute atomic E-state index is 0.0357. The molecule has 0 aromatic heterocycles. The number of nitrogens with one attached hydrogen (secondary N) is 1. The normalized spacial score (nSPS) is 12.6. The van der Waals surface area contributed by atoms with Crippen molar-refractivity contribution in [3.63, 3.8) is 0 Å². The number of aryl methyl sites for hydroxylation is 4. The van der Waals surface area contributed by atoms with Gasteiger partial charge in [0.1, 0.15) is 21.1 Å². The van der Waals surface area contributed by atoms with E-state index in [2.05, 4.69) is 31.3 Å². The minimum atomic E-state index is -4.84. The van der Waals surface area contributed by atoms with E-state index >= 15 is 0 Å². The van der Waals surface area contributed by atoms with E-state index in [1.807, 2.05) is 44.2 Å². The highest BCUT2D eigenvalue weighted by Gasteiger charge is 2.27. The molecule has 1 aliphatic carbocycles. The average molecular weight is 711 g/mol. The number of fused-ring (bicyclic) bond motifs is 2. The summed E-state index contributed by atoms with van der Waals surface area (Å²) < 4.78 is 78.5. The van der Waals surface area contributed by atoms with Gasteiger partial charge < -0.3 is 9.73 Å². The molecule has 1 aliphatic heterocycles. The van der Waals surface area contributed by atoms with Gasteiger partial charge in [0.2, 0.25) is 0 Å². The van der Waals surface area contributed by atoms with Gasteiger partial charge in [-0.15, -0.1) is 0 Å². The van der Waals surface area contributed by atoms with Crippen molar-refractivity contribution in [3.8, 4) is 22.5 Å². The number of rotatable bonds is 10. The molecule has 0 unspecified atom stereocenters. The third kappa shape index (κ3) is 6.69. The Morgan fingerprint density at radius 2 is 1.22 bits per heavy atom. The van der Waals surface area contributed by atoms with E-state index < -0.39 is 25.1 Å². The standard InChI is InChI=1S/C39H38N2O7S2/c1-5-24-13-11-14-25(6-2)38(24)40-28-19-20-29-33(21-28)48-34-23-32(41-39-26(7-3)15-12-16-27(39)8-4)36(50(45,46)47)22-31(34)37(29)30-17-9-10-18-35(30)49(42,43)44/h9-23,40H,5-8H2,1-4H3,(H,42,43,44)(H,45,46,47)/b41-32+. The second-order valence-electron chi connectivity index (χ2n) is 12.0. The van der Waals surface area contributed by atoms with Crippen LogP contribution >= 0.6 is 0 Å². The molecule has 0 bridgehead atoms. The molecule has 9 nitrogen and oxygen atoms in total. The SMILES string of the molecule is CCc1cccc(CC)c1/N=c1\cc2oc3cc(Nc4c(CC)cccc4CC)ccc3c(-c3ccccc3S(=O)(=O)O)c-2cc1S(=O)(=O)O. The Kier molecular flexibility index (Phi) is 9.69. The molecule has 0 atom stereocenters. The molecule has 0 spiro atoms. The second-order valence-corrected chi connectivity index (χ2v) is 14.8. The highest BCUT2D eigenvalue weighted by Crippen LogP contribution is 2.44. The Bertz CT molecular complexity index is 2480. The summed E-state index contributed by atoms with van der Waals surface area (Å²) >= 11 is 0. The van der Waals surface area contributed by atoms with E-state index in [9.17, 15) is 25.9 Å². The smallest absolute Gasteiger partial charge is 0.296 e. The van der Waals surface area contributed by atoms with Crippen LogP contribution < -0.4 is 10.7 Å². The summed E-state index contributed by atoms with van der Waals surface area (Å²) in [4.78, 5) is 3.96. The third-order valence-corrected chi connectivity index (χ3v) is 10.8. The molecule has 1 heterocycles. The topological polar surface area (TPSA) is 146 Å². The molecular weight excluding hydrogens is 673 g/mol. The van der Waals surface area contributed by atoms with Gasteiger partial charge in [0.25, 0.3) is 20.2 Å². The van der Waals surface area contributed by atoms with Gasteiger partial charge in [-0.25, -0.2) is 4.99 Å². The Morgan fingerprint density at radius 1 is 0.640 bits per heavy atom. The number of hydrogen-bond acceptors (Lipinski definition) is 7. The summed E-state index contributed by atoms with van der Waals surface area (Å²) in [7, 11) is -9.56. The molecule has 2 aliphatic rings. The zero-order valence-electron chi connectivity index (χ0n) is 28.2. The average Bonchev–Trinajstić information content (AvgIpc) is 3.09. The first-order valence-corrected chi connectivity index (χ1v) is 19.4. The Balaban J connectivity index is 1.73. The molecule has 0 amide bonds. The zero-order chi connectivity index (χ0) is 35.8. The fourth-order valence-corrected chi connectivity index (χ4v) is 7.83. The molecular formula is C39H38N2O7S2. The first-order valence-electron chi connectivity index (χ1n) is 16.5. The van der Waals surface area contributed by atoms with Crippen LogP contribution in [0.15, 0.2) is 110 Å². The lowest BCUT2D eigenvalue weighted by molar-refractivity contribution is 0.480. The van der Waals surface area contributed by atoms with E-state index in [-0.39, 0.29) is 27.1 Å². The number of benzene rings is 5. The van der Waals surface area contributed by atoms with Crippen molar-refractivity contribution in [3.05, 3.63) is 119 Å². The number of anilines is 2. The molecule has 0 fully saturated rings. The molecule has 0 saturated carbocycles. The van der Waals surface area contributed by atoms with Crippen molar-refractivity contribution in [1.82, 2.24) is 0 Å². The third-order valence-electron chi connectivity index (χ3n) is 8.98. The quantitative estimate of drug-likeness (QED) is 0.0944. The number of hydrogen-bond donors (Lipinski definition) is 3. The highest BCUT2D eigenvalue weighted by molar-refractivity contribution is 7.86. The van der Waals surface area contributed by atoms with E-state index in [0.717, 1.165) is 40.8 Å². The van der Waals surface area contributed by atoms with Crippen LogP contribution in [0.5, 0.6) is 0 Å². The van der Waals surface area contributed by atoms with Gasteiger partial charge >= 0.3 is 0 Å². The van der Waals surface area contributed by atoms with Crippen molar-refractivity contribution in [2.45, 2.75) is 63.2 Å². The van der Waals surface area contributed by atoms with Crippen molar-refractivity contribution >= 4 is 48.3 Å². The predicted molar refractivity (Wildman–Crippen MR) is 197 cm³/mol. The Hall–Kier alpha value is -4.81. The van der Waals surface area contributed by atoms with Gasteiger partial charge in [-0.1, -0.05) is 82.3 Å². The lowest BCUT2D eigenvalue weighted by Gasteiger charge is -2.19. The maximum Gasteiger partial charge on any atom is 0.296 e. The molecule has 0 saturated heterocycles. The molecule has 258 valence electrons. The van der Waals surface area contributed by atoms with Gasteiger partial charge in [-0.2, -0.15) is 16.8 Å². The van der Waals surface area contributed by atoms with E-state index in [4.69, 9.17) is 9.41 Å². The van der Waals surface area contributed by atoms with Crippen molar-refractivity contribution in [2.24, 2.45) is 4.99 Å². The summed E-state index contributed by atoms with van der Waals surface area (Å²) in [6.45, 7) is 8.14. The summed E-state index contributed by atoms with van der Waals surface area (Å²) in [6.07, 6.45) is 2.92. The van der Waals surface area contributed by atoms with Crippen LogP contribution in [0.2, 0.25) is 0 Å². The van der Waals surface area contributed by atoms with E-state index in [0.29, 0.717) is 40.7 Å². The van der Waals surface area contributed by atoms with Crippen LogP contribution in [0.4, 0.5) is 17.1 Å². The molecule has 4 aromatic carbocycles. The molecule has 3 N–H and O–H groups in total. The fraction of sp³-hybridized carbons (Fsp3) is 0.205. The van der Waals surface area contributed by atoms with Crippen LogP contribution in [-0.2, 0) is 45.9 Å². The summed E-state index contributed by atoms with van der Waals surface area (Å²) in [5, 5.41) is 3.97. The number of para-hydroxylation sites is 2. The summed E-state index contributed by atoms with van der Waals surface area (Å²) in [5.74, 6) is 0.191. The van der Waals surface area contributed by atoms with Gasteiger partial charge in [-0.05, 0) is 72.2 Å². The first kappa shape index (κ1) is 35.0. The van der Waals surface area contributed by atoms with Gasteiger partial charge in [0.15, 0.2) is 0 Å². The maximum atomic E-state index is 13.0.